The van der Waals surface area contributed by atoms with E-state index in [0.29, 0.717) is 6.54 Å². The van der Waals surface area contributed by atoms with Gasteiger partial charge in [-0.25, -0.2) is 9.78 Å². The first-order valence-electron chi connectivity index (χ1n) is 6.74. The molecule has 104 valence electrons. The molecule has 0 bridgehead atoms. The summed E-state index contributed by atoms with van der Waals surface area (Å²) < 4.78 is 0. The number of rotatable bonds is 3. The fourth-order valence-corrected chi connectivity index (χ4v) is 3.10. The zero-order chi connectivity index (χ0) is 13.9. The van der Waals surface area contributed by atoms with Crippen molar-refractivity contribution in [1.82, 2.24) is 15.2 Å². The van der Waals surface area contributed by atoms with Crippen LogP contribution in [0, 0.1) is 6.92 Å². The molecule has 1 atom stereocenters. The summed E-state index contributed by atoms with van der Waals surface area (Å²) in [6.45, 7) is 3.29. The second-order valence-electron chi connectivity index (χ2n) is 4.95. The minimum Gasteiger partial charge on any atom is -0.331 e. The molecule has 0 unspecified atom stereocenters. The molecule has 0 radical (unpaired) electrons. The lowest BCUT2D eigenvalue weighted by atomic mass is 9.95. The van der Waals surface area contributed by atoms with Crippen LogP contribution >= 0.6 is 11.3 Å². The Bertz CT molecular complexity index is 596. The Balaban J connectivity index is 1.58. The molecule has 1 saturated heterocycles. The Morgan fingerprint density at radius 1 is 1.45 bits per heavy atom. The SMILES string of the molecule is Cc1csc(CNC(=O)N2CC[C@@H]2c2ccccc2)n1. The van der Waals surface area contributed by atoms with Crippen LogP contribution in [0.15, 0.2) is 35.7 Å². The quantitative estimate of drug-likeness (QED) is 0.942. The average Bonchev–Trinajstić information content (AvgIpc) is 2.82. The van der Waals surface area contributed by atoms with Gasteiger partial charge >= 0.3 is 6.03 Å². The van der Waals surface area contributed by atoms with Crippen molar-refractivity contribution in [2.75, 3.05) is 6.54 Å². The Labute approximate surface area is 122 Å². The Kier molecular flexibility index (Phi) is 3.69. The van der Waals surface area contributed by atoms with E-state index in [4.69, 9.17) is 0 Å². The molecule has 1 N–H and O–H groups in total. The molecule has 2 amide bonds. The maximum atomic E-state index is 12.2. The third-order valence-corrected chi connectivity index (χ3v) is 4.49. The summed E-state index contributed by atoms with van der Waals surface area (Å²) in [5.74, 6) is 0. The molecule has 1 fully saturated rings. The highest BCUT2D eigenvalue weighted by Crippen LogP contribution is 2.32. The van der Waals surface area contributed by atoms with Crippen LogP contribution in [0.3, 0.4) is 0 Å². The van der Waals surface area contributed by atoms with E-state index in [1.165, 1.54) is 5.56 Å². The van der Waals surface area contributed by atoms with E-state index in [2.05, 4.69) is 22.4 Å². The van der Waals surface area contributed by atoms with Gasteiger partial charge in [-0.15, -0.1) is 11.3 Å². The van der Waals surface area contributed by atoms with E-state index in [0.717, 1.165) is 23.7 Å². The highest BCUT2D eigenvalue weighted by Gasteiger charge is 2.33. The number of hydrogen-bond acceptors (Lipinski definition) is 3. The maximum Gasteiger partial charge on any atom is 0.318 e. The summed E-state index contributed by atoms with van der Waals surface area (Å²) in [5.41, 5.74) is 2.21. The smallest absolute Gasteiger partial charge is 0.318 e. The van der Waals surface area contributed by atoms with Crippen molar-refractivity contribution in [2.24, 2.45) is 0 Å². The molecule has 0 saturated carbocycles. The molecule has 0 aliphatic carbocycles. The molecule has 5 heteroatoms. The van der Waals surface area contributed by atoms with Crippen LogP contribution < -0.4 is 5.32 Å². The lowest BCUT2D eigenvalue weighted by molar-refractivity contribution is 0.115. The third kappa shape index (κ3) is 2.67. The van der Waals surface area contributed by atoms with Crippen LogP contribution in [0.5, 0.6) is 0 Å². The number of urea groups is 1. The number of nitrogens with zero attached hydrogens (tertiary/aromatic N) is 2. The number of nitrogens with one attached hydrogen (secondary N) is 1. The Morgan fingerprint density at radius 3 is 2.85 bits per heavy atom. The first kappa shape index (κ1) is 13.1. The number of carbonyl (C=O) groups is 1. The maximum absolute atomic E-state index is 12.2. The predicted molar refractivity (Wildman–Crippen MR) is 79.6 cm³/mol. The Morgan fingerprint density at radius 2 is 2.25 bits per heavy atom. The van der Waals surface area contributed by atoms with Gasteiger partial charge in [0.05, 0.1) is 12.6 Å². The van der Waals surface area contributed by atoms with E-state index in [1.807, 2.05) is 35.4 Å². The first-order chi connectivity index (χ1) is 9.74. The number of aromatic nitrogens is 1. The number of likely N-dealkylation sites (tertiary alicyclic amines) is 1. The normalized spacial score (nSPS) is 17.6. The molecule has 2 aromatic rings. The molecule has 1 aromatic carbocycles. The second kappa shape index (κ2) is 5.63. The highest BCUT2D eigenvalue weighted by molar-refractivity contribution is 7.09. The van der Waals surface area contributed by atoms with Crippen LogP contribution in [0.4, 0.5) is 4.79 Å². The van der Waals surface area contributed by atoms with Gasteiger partial charge < -0.3 is 10.2 Å². The van der Waals surface area contributed by atoms with E-state index >= 15 is 0 Å². The summed E-state index contributed by atoms with van der Waals surface area (Å²) in [6.07, 6.45) is 1.04. The fraction of sp³-hybridized carbons (Fsp3) is 0.333. The summed E-state index contributed by atoms with van der Waals surface area (Å²) in [4.78, 5) is 18.4. The number of benzene rings is 1. The summed E-state index contributed by atoms with van der Waals surface area (Å²) in [6, 6.07) is 10.4. The van der Waals surface area contributed by atoms with E-state index in [-0.39, 0.29) is 12.1 Å². The van der Waals surface area contributed by atoms with Gasteiger partial charge in [-0.2, -0.15) is 0 Å². The molecule has 0 spiro atoms. The predicted octanol–water partition coefficient (Wildman–Crippen LogP) is 3.11. The first-order valence-corrected chi connectivity index (χ1v) is 7.62. The zero-order valence-corrected chi connectivity index (χ0v) is 12.2. The molecule has 1 aliphatic heterocycles. The largest absolute Gasteiger partial charge is 0.331 e. The van der Waals surface area contributed by atoms with Gasteiger partial charge in [0.2, 0.25) is 0 Å². The van der Waals surface area contributed by atoms with Crippen LogP contribution in [0.25, 0.3) is 0 Å². The Hall–Kier alpha value is -1.88. The van der Waals surface area contributed by atoms with Crippen molar-refractivity contribution in [3.8, 4) is 0 Å². The summed E-state index contributed by atoms with van der Waals surface area (Å²) in [5, 5.41) is 5.90. The van der Waals surface area contributed by atoms with E-state index in [9.17, 15) is 4.79 Å². The van der Waals surface area contributed by atoms with Crippen molar-refractivity contribution in [3.05, 3.63) is 52.0 Å². The molecule has 3 rings (SSSR count). The number of hydrogen-bond donors (Lipinski definition) is 1. The molecule has 1 aromatic heterocycles. The lowest BCUT2D eigenvalue weighted by Gasteiger charge is -2.41. The monoisotopic (exact) mass is 287 g/mol. The van der Waals surface area contributed by atoms with Crippen molar-refractivity contribution in [2.45, 2.75) is 25.9 Å². The minimum atomic E-state index is -0.00189. The van der Waals surface area contributed by atoms with Gasteiger partial charge in [-0.05, 0) is 18.9 Å². The van der Waals surface area contributed by atoms with Gasteiger partial charge in [0, 0.05) is 17.6 Å². The van der Waals surface area contributed by atoms with Crippen molar-refractivity contribution >= 4 is 17.4 Å². The molecule has 2 heterocycles. The van der Waals surface area contributed by atoms with Crippen LogP contribution in [0.2, 0.25) is 0 Å². The van der Waals surface area contributed by atoms with Gasteiger partial charge in [0.15, 0.2) is 0 Å². The van der Waals surface area contributed by atoms with E-state index < -0.39 is 0 Å². The third-order valence-electron chi connectivity index (χ3n) is 3.52. The van der Waals surface area contributed by atoms with Crippen molar-refractivity contribution in [3.63, 3.8) is 0 Å². The zero-order valence-electron chi connectivity index (χ0n) is 11.4. The van der Waals surface area contributed by atoms with Crippen molar-refractivity contribution < 1.29 is 4.79 Å². The molecule has 4 nitrogen and oxygen atoms in total. The van der Waals surface area contributed by atoms with Gasteiger partial charge in [-0.3, -0.25) is 0 Å². The molecular weight excluding hydrogens is 270 g/mol. The number of carbonyl (C=O) groups excluding carboxylic acids is 1. The van der Waals surface area contributed by atoms with Crippen LogP contribution in [0.1, 0.15) is 28.7 Å². The van der Waals surface area contributed by atoms with Crippen LogP contribution in [-0.2, 0) is 6.54 Å². The van der Waals surface area contributed by atoms with Crippen molar-refractivity contribution in [1.29, 1.82) is 0 Å². The van der Waals surface area contributed by atoms with E-state index in [1.54, 1.807) is 11.3 Å². The van der Waals surface area contributed by atoms with Gasteiger partial charge in [0.25, 0.3) is 0 Å². The number of amides is 2. The summed E-state index contributed by atoms with van der Waals surface area (Å²) >= 11 is 1.58. The topological polar surface area (TPSA) is 45.2 Å². The highest BCUT2D eigenvalue weighted by atomic mass is 32.1. The van der Waals surface area contributed by atoms with Crippen LogP contribution in [-0.4, -0.2) is 22.5 Å². The minimum absolute atomic E-state index is 0.00189. The fourth-order valence-electron chi connectivity index (χ4n) is 2.39. The molecular formula is C15H17N3OS. The number of thiazole rings is 1. The lowest BCUT2D eigenvalue weighted by Crippen LogP contribution is -2.49. The van der Waals surface area contributed by atoms with Gasteiger partial charge in [-0.1, -0.05) is 30.3 Å². The van der Waals surface area contributed by atoms with Gasteiger partial charge in [0.1, 0.15) is 5.01 Å². The average molecular weight is 287 g/mol. The standard InChI is InChI=1S/C15H17N3OS/c1-11-10-20-14(17-11)9-16-15(19)18-8-7-13(18)12-5-3-2-4-6-12/h2-6,10,13H,7-9H2,1H3,(H,16,19)/t13-/m1/s1. The molecule has 20 heavy (non-hydrogen) atoms. The molecule has 1 aliphatic rings. The number of aryl methyl sites for hydroxylation is 1. The summed E-state index contributed by atoms with van der Waals surface area (Å²) in [7, 11) is 0. The second-order valence-corrected chi connectivity index (χ2v) is 5.89.